The molecular formula is C13H12N2O4S2. The van der Waals surface area contributed by atoms with Gasteiger partial charge >= 0.3 is 5.97 Å². The van der Waals surface area contributed by atoms with Gasteiger partial charge in [-0.05, 0) is 25.5 Å². The molecule has 6 nitrogen and oxygen atoms in total. The third kappa shape index (κ3) is 3.79. The van der Waals surface area contributed by atoms with E-state index in [1.807, 2.05) is 6.92 Å². The van der Waals surface area contributed by atoms with Crippen molar-refractivity contribution in [2.24, 2.45) is 0 Å². The van der Waals surface area contributed by atoms with Crippen LogP contribution in [0.1, 0.15) is 16.1 Å². The van der Waals surface area contributed by atoms with Crippen molar-refractivity contribution in [1.82, 2.24) is 4.98 Å². The Morgan fingerprint density at radius 3 is 2.81 bits per heavy atom. The van der Waals surface area contributed by atoms with Crippen LogP contribution in [0, 0.1) is 24.0 Å². The van der Waals surface area contributed by atoms with Gasteiger partial charge in [0.05, 0.1) is 21.9 Å². The van der Waals surface area contributed by atoms with Crippen molar-refractivity contribution in [2.45, 2.75) is 29.5 Å². The molecule has 0 saturated heterocycles. The molecule has 0 bridgehead atoms. The average molecular weight is 324 g/mol. The fraction of sp³-hybridized carbons (Fsp3) is 0.231. The molecule has 0 saturated carbocycles. The van der Waals surface area contributed by atoms with Crippen molar-refractivity contribution in [3.05, 3.63) is 44.4 Å². The summed E-state index contributed by atoms with van der Waals surface area (Å²) in [5.74, 6) is -0.917. The fourth-order valence-corrected chi connectivity index (χ4v) is 4.08. The number of aryl methyl sites for hydroxylation is 2. The molecule has 0 fully saturated rings. The molecule has 0 spiro atoms. The Morgan fingerprint density at radius 2 is 2.19 bits per heavy atom. The molecule has 1 heterocycles. The molecule has 21 heavy (non-hydrogen) atoms. The van der Waals surface area contributed by atoms with Crippen LogP contribution in [0.2, 0.25) is 0 Å². The number of nitro groups is 1. The Labute approximate surface area is 129 Å². The number of aliphatic carboxylic acids is 1. The second kappa shape index (κ2) is 6.23. The van der Waals surface area contributed by atoms with Crippen LogP contribution in [-0.4, -0.2) is 21.0 Å². The van der Waals surface area contributed by atoms with E-state index in [0.29, 0.717) is 19.8 Å². The first kappa shape index (κ1) is 15.5. The van der Waals surface area contributed by atoms with Crippen molar-refractivity contribution in [1.29, 1.82) is 0 Å². The Morgan fingerprint density at radius 1 is 1.48 bits per heavy atom. The molecule has 0 amide bonds. The minimum atomic E-state index is -0.917. The van der Waals surface area contributed by atoms with E-state index in [9.17, 15) is 14.9 Å². The number of benzene rings is 1. The molecular weight excluding hydrogens is 312 g/mol. The number of hydrogen-bond acceptors (Lipinski definition) is 6. The summed E-state index contributed by atoms with van der Waals surface area (Å²) in [6, 6.07) is 4.89. The normalized spacial score (nSPS) is 10.6. The summed E-state index contributed by atoms with van der Waals surface area (Å²) in [6.45, 7) is 3.60. The van der Waals surface area contributed by atoms with Crippen LogP contribution in [0.3, 0.4) is 0 Å². The molecule has 0 atom stereocenters. The minimum absolute atomic E-state index is 0.0261. The Hall–Kier alpha value is -1.93. The maximum Gasteiger partial charge on any atom is 0.308 e. The van der Waals surface area contributed by atoms with Gasteiger partial charge in [0.2, 0.25) is 0 Å². The third-order valence-corrected chi connectivity index (χ3v) is 4.96. The molecule has 0 unspecified atom stereocenters. The van der Waals surface area contributed by atoms with Crippen molar-refractivity contribution in [3.8, 4) is 0 Å². The monoisotopic (exact) mass is 324 g/mol. The lowest BCUT2D eigenvalue weighted by Crippen LogP contribution is -1.99. The van der Waals surface area contributed by atoms with Gasteiger partial charge in [0.1, 0.15) is 0 Å². The number of aromatic nitrogens is 1. The molecule has 1 N–H and O–H groups in total. The van der Waals surface area contributed by atoms with Gasteiger partial charge in [-0.1, -0.05) is 17.8 Å². The number of nitro benzene ring substituents is 1. The fourth-order valence-electron chi connectivity index (χ4n) is 1.69. The molecule has 2 aromatic rings. The Kier molecular flexibility index (Phi) is 4.59. The van der Waals surface area contributed by atoms with E-state index in [-0.39, 0.29) is 12.1 Å². The van der Waals surface area contributed by atoms with Gasteiger partial charge in [0.15, 0.2) is 4.34 Å². The van der Waals surface area contributed by atoms with Gasteiger partial charge in [-0.25, -0.2) is 4.98 Å². The zero-order valence-electron chi connectivity index (χ0n) is 11.3. The van der Waals surface area contributed by atoms with Crippen molar-refractivity contribution in [2.75, 3.05) is 0 Å². The van der Waals surface area contributed by atoms with E-state index in [4.69, 9.17) is 5.11 Å². The summed E-state index contributed by atoms with van der Waals surface area (Å²) in [7, 11) is 0. The van der Waals surface area contributed by atoms with Crippen LogP contribution in [-0.2, 0) is 11.2 Å². The van der Waals surface area contributed by atoms with Gasteiger partial charge < -0.3 is 5.11 Å². The topological polar surface area (TPSA) is 93.3 Å². The van der Waals surface area contributed by atoms with Gasteiger partial charge in [0.25, 0.3) is 5.69 Å². The van der Waals surface area contributed by atoms with Crippen molar-refractivity contribution < 1.29 is 14.8 Å². The van der Waals surface area contributed by atoms with E-state index >= 15 is 0 Å². The quantitative estimate of drug-likeness (QED) is 0.669. The Balaban J connectivity index is 2.32. The molecule has 0 aliphatic heterocycles. The molecule has 1 aromatic heterocycles. The van der Waals surface area contributed by atoms with Crippen LogP contribution >= 0.6 is 23.1 Å². The maximum atomic E-state index is 11.0. The van der Waals surface area contributed by atoms with Gasteiger partial charge in [-0.2, -0.15) is 0 Å². The third-order valence-electron chi connectivity index (χ3n) is 2.69. The molecule has 2 rings (SSSR count). The highest BCUT2D eigenvalue weighted by Gasteiger charge is 2.18. The largest absolute Gasteiger partial charge is 0.481 e. The van der Waals surface area contributed by atoms with E-state index in [1.165, 1.54) is 29.2 Å². The highest BCUT2D eigenvalue weighted by atomic mass is 32.2. The molecule has 8 heteroatoms. The molecule has 0 aliphatic rings. The lowest BCUT2D eigenvalue weighted by atomic mass is 10.2. The standard InChI is InChI=1S/C13H12N2O4S2/c1-7-3-4-9(15(18)19)11(5-7)21-13-14-8(2)10(20-13)6-12(16)17/h3-5H,6H2,1-2H3,(H,16,17). The number of rotatable bonds is 5. The zero-order chi connectivity index (χ0) is 15.6. The van der Waals surface area contributed by atoms with Gasteiger partial charge in [-0.3, -0.25) is 14.9 Å². The van der Waals surface area contributed by atoms with Gasteiger partial charge in [0, 0.05) is 10.9 Å². The first-order chi connectivity index (χ1) is 9.86. The predicted octanol–water partition coefficient (Wildman–Crippen LogP) is 3.45. The molecule has 1 aromatic carbocycles. The lowest BCUT2D eigenvalue weighted by molar-refractivity contribution is -0.387. The summed E-state index contributed by atoms with van der Waals surface area (Å²) in [5.41, 5.74) is 1.60. The van der Waals surface area contributed by atoms with Crippen LogP contribution in [0.5, 0.6) is 0 Å². The van der Waals surface area contributed by atoms with E-state index in [1.54, 1.807) is 19.1 Å². The molecule has 0 radical (unpaired) electrons. The first-order valence-corrected chi connectivity index (χ1v) is 7.61. The zero-order valence-corrected chi connectivity index (χ0v) is 13.0. The second-order valence-electron chi connectivity index (χ2n) is 4.39. The maximum absolute atomic E-state index is 11.0. The summed E-state index contributed by atoms with van der Waals surface area (Å²) >= 11 is 2.45. The summed E-state index contributed by atoms with van der Waals surface area (Å²) < 4.78 is 0.609. The number of thiazole rings is 1. The average Bonchev–Trinajstić information content (AvgIpc) is 2.68. The number of hydrogen-bond donors (Lipinski definition) is 1. The molecule has 110 valence electrons. The second-order valence-corrected chi connectivity index (χ2v) is 6.76. The van der Waals surface area contributed by atoms with Crippen LogP contribution in [0.4, 0.5) is 5.69 Å². The molecule has 0 aliphatic carbocycles. The highest BCUT2D eigenvalue weighted by molar-refractivity contribution is 8.01. The summed E-state index contributed by atoms with van der Waals surface area (Å²) in [6.07, 6.45) is -0.0834. The lowest BCUT2D eigenvalue weighted by Gasteiger charge is -2.01. The highest BCUT2D eigenvalue weighted by Crippen LogP contribution is 2.38. The minimum Gasteiger partial charge on any atom is -0.481 e. The van der Waals surface area contributed by atoms with E-state index in [2.05, 4.69) is 4.98 Å². The predicted molar refractivity (Wildman–Crippen MR) is 80.1 cm³/mol. The van der Waals surface area contributed by atoms with Crippen LogP contribution in [0.25, 0.3) is 0 Å². The SMILES string of the molecule is Cc1ccc([N+](=O)[O-])c(Sc2nc(C)c(CC(=O)O)s2)c1. The first-order valence-electron chi connectivity index (χ1n) is 5.98. The number of carbonyl (C=O) groups is 1. The van der Waals surface area contributed by atoms with Crippen molar-refractivity contribution >= 4 is 34.8 Å². The van der Waals surface area contributed by atoms with Crippen molar-refractivity contribution in [3.63, 3.8) is 0 Å². The van der Waals surface area contributed by atoms with Gasteiger partial charge in [-0.15, -0.1) is 11.3 Å². The van der Waals surface area contributed by atoms with E-state index < -0.39 is 10.9 Å². The smallest absolute Gasteiger partial charge is 0.308 e. The summed E-state index contributed by atoms with van der Waals surface area (Å²) in [5, 5.41) is 19.9. The Bertz CT molecular complexity index is 712. The van der Waals surface area contributed by atoms with Crippen LogP contribution < -0.4 is 0 Å². The van der Waals surface area contributed by atoms with Crippen LogP contribution in [0.15, 0.2) is 27.4 Å². The van der Waals surface area contributed by atoms with E-state index in [0.717, 1.165) is 5.56 Å². The number of carboxylic acid groups (broad SMARTS) is 1. The number of nitrogens with zero attached hydrogens (tertiary/aromatic N) is 2. The number of carboxylic acids is 1. The summed E-state index contributed by atoms with van der Waals surface area (Å²) in [4.78, 5) is 26.8.